The first kappa shape index (κ1) is 22.4. The number of hydrogen-bond acceptors (Lipinski definition) is 5. The minimum absolute atomic E-state index is 0.115. The van der Waals surface area contributed by atoms with E-state index < -0.39 is 12.1 Å². The van der Waals surface area contributed by atoms with E-state index in [-0.39, 0.29) is 31.7 Å². The van der Waals surface area contributed by atoms with Crippen molar-refractivity contribution in [2.24, 2.45) is 0 Å². The number of nitrogens with zero attached hydrogens (tertiary/aromatic N) is 1. The second-order valence-electron chi connectivity index (χ2n) is 7.96. The molecule has 7 heteroatoms. The average Bonchev–Trinajstić information content (AvgIpc) is 3.14. The van der Waals surface area contributed by atoms with Crippen molar-refractivity contribution in [2.75, 3.05) is 19.1 Å². The number of allylic oxidation sites excluding steroid dienone is 1. The van der Waals surface area contributed by atoms with Gasteiger partial charge in [0.1, 0.15) is 0 Å². The Morgan fingerprint density at radius 3 is 2.41 bits per heavy atom. The van der Waals surface area contributed by atoms with E-state index in [1.165, 1.54) is 18.5 Å². The van der Waals surface area contributed by atoms with Gasteiger partial charge >= 0.3 is 195 Å². The van der Waals surface area contributed by atoms with E-state index in [1.54, 1.807) is 12.0 Å². The van der Waals surface area contributed by atoms with Crippen molar-refractivity contribution in [3.8, 4) is 11.5 Å². The molecule has 0 N–H and O–H groups in total. The maximum atomic E-state index is 13.1. The van der Waals surface area contributed by atoms with Crippen LogP contribution in [0.15, 0.2) is 42.5 Å². The number of carbonyl (C=O) groups excluding carboxylic acids is 2. The zero-order chi connectivity index (χ0) is 23.0. The van der Waals surface area contributed by atoms with E-state index in [2.05, 4.69) is 24.3 Å². The summed E-state index contributed by atoms with van der Waals surface area (Å²) in [5.41, 5.74) is 3.35. The summed E-state index contributed by atoms with van der Waals surface area (Å²) in [6.07, 6.45) is 4.78. The molecule has 1 aliphatic heterocycles. The third-order valence-corrected chi connectivity index (χ3v) is 8.92. The Morgan fingerprint density at radius 2 is 1.78 bits per heavy atom. The quantitative estimate of drug-likeness (QED) is 0.274. The van der Waals surface area contributed by atoms with Crippen LogP contribution in [0.4, 0.5) is 10.5 Å². The molecule has 0 saturated heterocycles. The number of methoxy groups -OCH3 is 2. The first-order valence-electron chi connectivity index (χ1n) is 10.5. The van der Waals surface area contributed by atoms with E-state index in [0.717, 1.165) is 28.8 Å². The maximum absolute atomic E-state index is 13.1. The van der Waals surface area contributed by atoms with Gasteiger partial charge in [0.05, 0.1) is 0 Å². The second-order valence-corrected chi connectivity index (χ2v) is 10.7. The SMILES string of the molecule is COC(=O)N1c2c(C)c(C)c(OC)c(OC(C)=O)c2[C@@H]2C=CC[C@@H]([Se]c3ccccc3)[C@@H]21. The van der Waals surface area contributed by atoms with Crippen LogP contribution in [0.5, 0.6) is 11.5 Å². The van der Waals surface area contributed by atoms with Crippen LogP contribution in [0.1, 0.15) is 36.0 Å². The normalized spacial score (nSPS) is 21.0. The zero-order valence-electron chi connectivity index (χ0n) is 18.9. The van der Waals surface area contributed by atoms with Gasteiger partial charge in [-0.25, -0.2) is 0 Å². The van der Waals surface area contributed by atoms with Crippen LogP contribution in [0.2, 0.25) is 4.82 Å². The molecular formula is C25H27NO5Se. The number of amides is 1. The average molecular weight is 500 g/mol. The van der Waals surface area contributed by atoms with Crippen LogP contribution in [-0.2, 0) is 9.53 Å². The summed E-state index contributed by atoms with van der Waals surface area (Å²) in [6, 6.07) is 10.3. The molecule has 6 nitrogen and oxygen atoms in total. The summed E-state index contributed by atoms with van der Waals surface area (Å²) >= 11 is 0.137. The molecule has 1 aliphatic carbocycles. The van der Waals surface area contributed by atoms with E-state index in [0.29, 0.717) is 11.5 Å². The van der Waals surface area contributed by atoms with Gasteiger partial charge in [0.25, 0.3) is 0 Å². The number of fused-ring (bicyclic) bond motifs is 3. The fourth-order valence-electron chi connectivity index (χ4n) is 4.75. The number of ether oxygens (including phenoxy) is 3. The van der Waals surface area contributed by atoms with Gasteiger partial charge in [-0.05, 0) is 0 Å². The summed E-state index contributed by atoms with van der Waals surface area (Å²) in [6.45, 7) is 5.27. The first-order valence-corrected chi connectivity index (χ1v) is 12.4. The molecule has 0 bridgehead atoms. The van der Waals surface area contributed by atoms with Gasteiger partial charge < -0.3 is 0 Å². The third kappa shape index (κ3) is 3.70. The molecule has 0 aromatic heterocycles. The van der Waals surface area contributed by atoms with Gasteiger partial charge in [-0.2, -0.15) is 0 Å². The number of hydrogen-bond donors (Lipinski definition) is 0. The molecule has 1 amide bonds. The summed E-state index contributed by atoms with van der Waals surface area (Å²) in [7, 11) is 2.98. The van der Waals surface area contributed by atoms with E-state index in [1.807, 2.05) is 32.0 Å². The van der Waals surface area contributed by atoms with E-state index in [4.69, 9.17) is 14.2 Å². The van der Waals surface area contributed by atoms with Crippen LogP contribution < -0.4 is 18.8 Å². The van der Waals surface area contributed by atoms with Gasteiger partial charge in [0.15, 0.2) is 0 Å². The molecule has 0 fully saturated rings. The van der Waals surface area contributed by atoms with Crippen molar-refractivity contribution in [1.82, 2.24) is 0 Å². The van der Waals surface area contributed by atoms with Gasteiger partial charge in [0, 0.05) is 0 Å². The standard InChI is InChI=1S/C25H27NO5Se/c1-14-15(2)23(29-4)24(31-16(3)27)20-18-12-9-13-19(32-17-10-7-6-8-11-17)22(18)26(21(14)20)25(28)30-5/h6-12,18-19,22H,13H2,1-5H3/t18-,19+,22+/m0/s1. The fraction of sp³-hybridized carbons (Fsp3) is 0.360. The van der Waals surface area contributed by atoms with Crippen molar-refractivity contribution in [3.05, 3.63) is 59.2 Å². The van der Waals surface area contributed by atoms with Gasteiger partial charge in [-0.1, -0.05) is 0 Å². The molecule has 2 aliphatic rings. The Balaban J connectivity index is 1.92. The topological polar surface area (TPSA) is 65.1 Å². The Labute approximate surface area is 194 Å². The molecule has 0 saturated carbocycles. The molecule has 3 atom stereocenters. The van der Waals surface area contributed by atoms with Gasteiger partial charge in [0.2, 0.25) is 0 Å². The van der Waals surface area contributed by atoms with E-state index >= 15 is 0 Å². The zero-order valence-corrected chi connectivity index (χ0v) is 20.6. The molecule has 0 radical (unpaired) electrons. The summed E-state index contributed by atoms with van der Waals surface area (Å²) in [5, 5.41) is 0. The second kappa shape index (κ2) is 9.00. The number of rotatable bonds is 4. The fourth-order valence-corrected chi connectivity index (χ4v) is 7.48. The van der Waals surface area contributed by atoms with Crippen LogP contribution >= 0.6 is 0 Å². The van der Waals surface area contributed by atoms with Crippen LogP contribution in [0.25, 0.3) is 0 Å². The molecule has 2 aromatic carbocycles. The summed E-state index contributed by atoms with van der Waals surface area (Å²) < 4.78 is 17.9. The number of esters is 1. The first-order chi connectivity index (χ1) is 15.4. The van der Waals surface area contributed by atoms with Gasteiger partial charge in [-0.15, -0.1) is 0 Å². The summed E-state index contributed by atoms with van der Waals surface area (Å²) in [4.78, 5) is 27.2. The Kier molecular flexibility index (Phi) is 6.31. The minimum atomic E-state index is -0.424. The number of benzene rings is 2. The van der Waals surface area contributed by atoms with Crippen LogP contribution in [-0.4, -0.2) is 47.3 Å². The van der Waals surface area contributed by atoms with Crippen LogP contribution in [0, 0.1) is 13.8 Å². The molecule has 4 rings (SSSR count). The van der Waals surface area contributed by atoms with E-state index in [9.17, 15) is 9.59 Å². The summed E-state index contributed by atoms with van der Waals surface area (Å²) in [5.74, 6) is 0.394. The molecular weight excluding hydrogens is 473 g/mol. The predicted molar refractivity (Wildman–Crippen MR) is 125 cm³/mol. The van der Waals surface area contributed by atoms with Crippen molar-refractivity contribution in [1.29, 1.82) is 0 Å². The molecule has 2 aromatic rings. The van der Waals surface area contributed by atoms with Crippen LogP contribution in [0.3, 0.4) is 0 Å². The Morgan fingerprint density at radius 1 is 1.06 bits per heavy atom. The molecule has 0 spiro atoms. The Bertz CT molecular complexity index is 1080. The Hall–Kier alpha value is -2.76. The van der Waals surface area contributed by atoms with Crippen molar-refractivity contribution >= 4 is 37.2 Å². The number of anilines is 1. The molecule has 32 heavy (non-hydrogen) atoms. The third-order valence-electron chi connectivity index (χ3n) is 6.15. The molecule has 168 valence electrons. The molecule has 0 unspecified atom stereocenters. The van der Waals surface area contributed by atoms with Crippen molar-refractivity contribution in [3.63, 3.8) is 0 Å². The number of carbonyl (C=O) groups is 2. The van der Waals surface area contributed by atoms with Crippen molar-refractivity contribution in [2.45, 2.75) is 44.0 Å². The van der Waals surface area contributed by atoms with Crippen molar-refractivity contribution < 1.29 is 23.8 Å². The molecule has 1 heterocycles. The monoisotopic (exact) mass is 501 g/mol. The predicted octanol–water partition coefficient (Wildman–Crippen LogP) is 4.05. The van der Waals surface area contributed by atoms with Gasteiger partial charge in [-0.3, -0.25) is 0 Å².